The van der Waals surface area contributed by atoms with Gasteiger partial charge in [-0.3, -0.25) is 9.59 Å². The Kier molecular flexibility index (Phi) is 6.84. The molecule has 2 atom stereocenters. The Balaban J connectivity index is 1.36. The standard InChI is InChI=1S/C26H19ClF2N4O2S/c27-17-4-1-3-16(11-17)22-13-21(15-7-9-18(28)10-8-15)32-33(22)26-31-25(35)23(36-26)14-24(34)30-20-6-2-5-19(29)12-20/h1-12,22-23H,13-14H2,(H,30,34)/t22-,23+/m0/s1. The van der Waals surface area contributed by atoms with Gasteiger partial charge in [0, 0.05) is 23.6 Å². The highest BCUT2D eigenvalue weighted by Crippen LogP contribution is 2.39. The molecule has 0 unspecified atom stereocenters. The van der Waals surface area contributed by atoms with Crippen molar-refractivity contribution in [2.45, 2.75) is 24.1 Å². The molecular weight excluding hydrogens is 506 g/mol. The molecule has 10 heteroatoms. The molecule has 2 aliphatic heterocycles. The fourth-order valence-electron chi connectivity index (χ4n) is 4.03. The molecule has 36 heavy (non-hydrogen) atoms. The van der Waals surface area contributed by atoms with E-state index in [1.54, 1.807) is 29.3 Å². The van der Waals surface area contributed by atoms with Gasteiger partial charge in [-0.25, -0.2) is 13.8 Å². The second-order valence-corrected chi connectivity index (χ2v) is 9.88. The van der Waals surface area contributed by atoms with Crippen molar-refractivity contribution >= 4 is 51.7 Å². The number of benzene rings is 3. The molecule has 0 spiro atoms. The number of amidine groups is 1. The maximum Gasteiger partial charge on any atom is 0.262 e. The summed E-state index contributed by atoms with van der Waals surface area (Å²) in [6.45, 7) is 0. The normalized spacial score (nSPS) is 19.3. The fraction of sp³-hybridized carbons (Fsp3) is 0.154. The third-order valence-corrected chi connectivity index (χ3v) is 7.10. The fourth-order valence-corrected chi connectivity index (χ4v) is 5.29. The lowest BCUT2D eigenvalue weighted by molar-refractivity contribution is -0.121. The molecular formula is C26H19ClF2N4O2S. The van der Waals surface area contributed by atoms with Crippen LogP contribution in [0, 0.1) is 11.6 Å². The van der Waals surface area contributed by atoms with E-state index in [-0.39, 0.29) is 18.3 Å². The van der Waals surface area contributed by atoms with Crippen molar-refractivity contribution in [1.29, 1.82) is 0 Å². The van der Waals surface area contributed by atoms with Crippen LogP contribution in [0.5, 0.6) is 0 Å². The van der Waals surface area contributed by atoms with Crippen molar-refractivity contribution in [3.8, 4) is 0 Å². The maximum atomic E-state index is 13.5. The Morgan fingerprint density at radius 1 is 1.06 bits per heavy atom. The van der Waals surface area contributed by atoms with Crippen molar-refractivity contribution in [2.24, 2.45) is 10.1 Å². The third kappa shape index (κ3) is 5.32. The van der Waals surface area contributed by atoms with Crippen molar-refractivity contribution < 1.29 is 18.4 Å². The molecule has 0 saturated carbocycles. The van der Waals surface area contributed by atoms with Gasteiger partial charge in [0.2, 0.25) is 5.91 Å². The van der Waals surface area contributed by atoms with Crippen molar-refractivity contribution in [1.82, 2.24) is 5.01 Å². The number of carbonyl (C=O) groups is 2. The highest BCUT2D eigenvalue weighted by Gasteiger charge is 2.39. The largest absolute Gasteiger partial charge is 0.326 e. The number of carbonyl (C=O) groups excluding carboxylic acids is 2. The summed E-state index contributed by atoms with van der Waals surface area (Å²) >= 11 is 7.38. The molecule has 1 N–H and O–H groups in total. The second kappa shape index (κ2) is 10.2. The molecule has 5 rings (SSSR count). The third-order valence-electron chi connectivity index (χ3n) is 5.73. The molecule has 2 heterocycles. The minimum absolute atomic E-state index is 0.128. The lowest BCUT2D eigenvalue weighted by Gasteiger charge is -2.23. The molecule has 0 aliphatic carbocycles. The highest BCUT2D eigenvalue weighted by molar-refractivity contribution is 8.15. The first-order chi connectivity index (χ1) is 17.4. The van der Waals surface area contributed by atoms with Crippen molar-refractivity contribution in [3.05, 3.63) is 101 Å². The van der Waals surface area contributed by atoms with Crippen molar-refractivity contribution in [3.63, 3.8) is 0 Å². The summed E-state index contributed by atoms with van der Waals surface area (Å²) in [4.78, 5) is 29.4. The number of thioether (sulfide) groups is 1. The van der Waals surface area contributed by atoms with Crippen LogP contribution in [0.2, 0.25) is 5.02 Å². The van der Waals surface area contributed by atoms with Crippen LogP contribution in [0.1, 0.15) is 30.0 Å². The first-order valence-corrected chi connectivity index (χ1v) is 12.3. The molecule has 2 aliphatic rings. The van der Waals surface area contributed by atoms with Gasteiger partial charge in [-0.2, -0.15) is 10.1 Å². The smallest absolute Gasteiger partial charge is 0.262 e. The van der Waals surface area contributed by atoms with Crippen LogP contribution in [0.15, 0.2) is 82.9 Å². The summed E-state index contributed by atoms with van der Waals surface area (Å²) in [6.07, 6.45) is 0.363. The zero-order chi connectivity index (χ0) is 25.2. The Morgan fingerprint density at radius 2 is 1.83 bits per heavy atom. The molecule has 3 aromatic carbocycles. The number of amides is 2. The van der Waals surface area contributed by atoms with E-state index in [9.17, 15) is 18.4 Å². The molecule has 3 aromatic rings. The number of hydrogen-bond donors (Lipinski definition) is 1. The van der Waals surface area contributed by atoms with Crippen LogP contribution in [-0.4, -0.2) is 33.0 Å². The molecule has 182 valence electrons. The summed E-state index contributed by atoms with van der Waals surface area (Å²) in [6, 6.07) is 18.6. The van der Waals surface area contributed by atoms with Crippen LogP contribution in [-0.2, 0) is 9.59 Å². The zero-order valence-electron chi connectivity index (χ0n) is 18.7. The van der Waals surface area contributed by atoms with Gasteiger partial charge in [0.15, 0.2) is 5.17 Å². The summed E-state index contributed by atoms with van der Waals surface area (Å²) < 4.78 is 26.9. The van der Waals surface area contributed by atoms with E-state index >= 15 is 0 Å². The van der Waals surface area contributed by atoms with Crippen LogP contribution in [0.3, 0.4) is 0 Å². The first-order valence-electron chi connectivity index (χ1n) is 11.1. The topological polar surface area (TPSA) is 74.1 Å². The highest BCUT2D eigenvalue weighted by atomic mass is 35.5. The maximum absolute atomic E-state index is 13.5. The van der Waals surface area contributed by atoms with Gasteiger partial charge in [-0.05, 0) is 53.6 Å². The van der Waals surface area contributed by atoms with E-state index < -0.39 is 22.9 Å². The van der Waals surface area contributed by atoms with E-state index in [2.05, 4.69) is 10.3 Å². The first kappa shape index (κ1) is 24.1. The molecule has 0 aromatic heterocycles. The Morgan fingerprint density at radius 3 is 2.58 bits per heavy atom. The average molecular weight is 525 g/mol. The van der Waals surface area contributed by atoms with Gasteiger partial charge in [-0.1, -0.05) is 53.7 Å². The van der Waals surface area contributed by atoms with Gasteiger partial charge in [0.05, 0.1) is 11.8 Å². The summed E-state index contributed by atoms with van der Waals surface area (Å²) in [5, 5.41) is 9.18. The number of hydrazone groups is 1. The number of hydrogen-bond acceptors (Lipinski definition) is 5. The predicted octanol–water partition coefficient (Wildman–Crippen LogP) is 5.80. The zero-order valence-corrected chi connectivity index (χ0v) is 20.3. The van der Waals surface area contributed by atoms with Gasteiger partial charge in [0.1, 0.15) is 16.9 Å². The van der Waals surface area contributed by atoms with E-state index in [0.717, 1.165) is 22.9 Å². The van der Waals surface area contributed by atoms with Gasteiger partial charge in [0.25, 0.3) is 5.91 Å². The van der Waals surface area contributed by atoms with Crippen LogP contribution in [0.25, 0.3) is 0 Å². The minimum atomic E-state index is -0.737. The Bertz CT molecular complexity index is 1400. The quantitative estimate of drug-likeness (QED) is 0.458. The minimum Gasteiger partial charge on any atom is -0.326 e. The number of anilines is 1. The summed E-state index contributed by atoms with van der Waals surface area (Å²) in [5.74, 6) is -1.69. The lowest BCUT2D eigenvalue weighted by Crippen LogP contribution is -2.25. The molecule has 0 saturated heterocycles. The van der Waals surface area contributed by atoms with Gasteiger partial charge in [-0.15, -0.1) is 0 Å². The number of nitrogens with one attached hydrogen (secondary N) is 1. The number of aliphatic imine (C=N–C) groups is 1. The number of halogens is 3. The van der Waals surface area contributed by atoms with Crippen LogP contribution in [0.4, 0.5) is 14.5 Å². The van der Waals surface area contributed by atoms with E-state index in [1.165, 1.54) is 30.3 Å². The number of nitrogens with zero attached hydrogens (tertiary/aromatic N) is 3. The van der Waals surface area contributed by atoms with E-state index in [1.807, 2.05) is 18.2 Å². The second-order valence-electron chi connectivity index (χ2n) is 8.27. The van der Waals surface area contributed by atoms with Gasteiger partial charge >= 0.3 is 0 Å². The summed E-state index contributed by atoms with van der Waals surface area (Å²) in [5.41, 5.74) is 2.66. The Labute approximate surface area is 215 Å². The molecule has 0 fully saturated rings. The molecule has 2 amide bonds. The van der Waals surface area contributed by atoms with Crippen LogP contribution >= 0.6 is 23.4 Å². The number of rotatable bonds is 5. The predicted molar refractivity (Wildman–Crippen MR) is 137 cm³/mol. The van der Waals surface area contributed by atoms with Crippen molar-refractivity contribution in [2.75, 3.05) is 5.32 Å². The molecule has 0 bridgehead atoms. The van der Waals surface area contributed by atoms with Crippen LogP contribution < -0.4 is 5.32 Å². The Hall–Kier alpha value is -3.56. The monoisotopic (exact) mass is 524 g/mol. The van der Waals surface area contributed by atoms with E-state index in [0.29, 0.717) is 28.0 Å². The summed E-state index contributed by atoms with van der Waals surface area (Å²) in [7, 11) is 0. The SMILES string of the molecule is O=C(C[C@H]1SC(N2N=C(c3ccc(F)cc3)C[C@H]2c2cccc(Cl)c2)=NC1=O)Nc1cccc(F)c1. The van der Waals surface area contributed by atoms with E-state index in [4.69, 9.17) is 16.7 Å². The molecule has 6 nitrogen and oxygen atoms in total. The lowest BCUT2D eigenvalue weighted by atomic mass is 9.98. The molecule has 0 radical (unpaired) electrons. The average Bonchev–Trinajstić information content (AvgIpc) is 3.44. The van der Waals surface area contributed by atoms with Gasteiger partial charge < -0.3 is 5.32 Å².